The molecule has 0 radical (unpaired) electrons. The first-order valence-corrected chi connectivity index (χ1v) is 7.66. The van der Waals surface area contributed by atoms with E-state index in [1.165, 1.54) is 19.4 Å². The van der Waals surface area contributed by atoms with Gasteiger partial charge in [-0.2, -0.15) is 5.26 Å². The van der Waals surface area contributed by atoms with Crippen molar-refractivity contribution >= 4 is 40.3 Å². The van der Waals surface area contributed by atoms with Gasteiger partial charge in [-0.15, -0.1) is 11.3 Å². The summed E-state index contributed by atoms with van der Waals surface area (Å²) in [7, 11) is 1.47. The fraction of sp³-hybridized carbons (Fsp3) is 0.200. The molecule has 0 saturated carbocycles. The van der Waals surface area contributed by atoms with Crippen molar-refractivity contribution in [1.82, 2.24) is 4.98 Å². The van der Waals surface area contributed by atoms with Gasteiger partial charge in [0.05, 0.1) is 28.1 Å². The zero-order chi connectivity index (χ0) is 17.0. The minimum Gasteiger partial charge on any atom is -0.495 e. The topological polar surface area (TPSA) is 92.1 Å². The summed E-state index contributed by atoms with van der Waals surface area (Å²) >= 11 is 7.11. The first-order valence-electron chi connectivity index (χ1n) is 6.47. The van der Waals surface area contributed by atoms with Crippen LogP contribution in [0.2, 0.25) is 5.02 Å². The Morgan fingerprint density at radius 1 is 1.48 bits per heavy atom. The van der Waals surface area contributed by atoms with Crippen molar-refractivity contribution in [3.63, 3.8) is 0 Å². The first-order chi connectivity index (χ1) is 11.0. The molecule has 0 aliphatic rings. The van der Waals surface area contributed by atoms with Gasteiger partial charge in [-0.3, -0.25) is 9.59 Å². The van der Waals surface area contributed by atoms with Crippen molar-refractivity contribution < 1.29 is 14.3 Å². The Morgan fingerprint density at radius 3 is 2.74 bits per heavy atom. The lowest BCUT2D eigenvalue weighted by Gasteiger charge is -2.10. The largest absolute Gasteiger partial charge is 0.495 e. The molecule has 2 rings (SSSR count). The number of nitrogens with one attached hydrogen (secondary N) is 1. The van der Waals surface area contributed by atoms with E-state index in [2.05, 4.69) is 10.3 Å². The Labute approximate surface area is 141 Å². The van der Waals surface area contributed by atoms with Crippen LogP contribution in [0.1, 0.15) is 14.7 Å². The normalized spacial score (nSPS) is 11.4. The smallest absolute Gasteiger partial charge is 0.249 e. The van der Waals surface area contributed by atoms with Crippen LogP contribution in [0.25, 0.3) is 0 Å². The van der Waals surface area contributed by atoms with Crippen LogP contribution in [0, 0.1) is 24.2 Å². The van der Waals surface area contributed by atoms with Crippen LogP contribution in [-0.4, -0.2) is 23.8 Å². The second kappa shape index (κ2) is 7.22. The van der Waals surface area contributed by atoms with E-state index in [1.807, 2.05) is 0 Å². The van der Waals surface area contributed by atoms with Crippen molar-refractivity contribution in [1.29, 1.82) is 5.26 Å². The molecule has 1 N–H and O–H groups in total. The SMILES string of the molecule is COc1ccc(NC(=O)C(C#N)C(=O)c2cnc(C)s2)cc1Cl. The third kappa shape index (κ3) is 3.86. The number of nitriles is 1. The molecular weight excluding hydrogens is 338 g/mol. The molecule has 1 atom stereocenters. The third-order valence-electron chi connectivity index (χ3n) is 2.94. The van der Waals surface area contributed by atoms with Gasteiger partial charge < -0.3 is 10.1 Å². The molecular formula is C15H12ClN3O3S. The zero-order valence-electron chi connectivity index (χ0n) is 12.3. The number of aromatic nitrogens is 1. The number of rotatable bonds is 5. The molecule has 0 fully saturated rings. The summed E-state index contributed by atoms with van der Waals surface area (Å²) in [6.07, 6.45) is 1.37. The lowest BCUT2D eigenvalue weighted by molar-refractivity contribution is -0.117. The number of hydrogen-bond acceptors (Lipinski definition) is 6. The summed E-state index contributed by atoms with van der Waals surface area (Å²) in [5, 5.41) is 12.7. The number of benzene rings is 1. The molecule has 0 spiro atoms. The van der Waals surface area contributed by atoms with Crippen LogP contribution in [0.5, 0.6) is 5.75 Å². The van der Waals surface area contributed by atoms with E-state index < -0.39 is 17.6 Å². The summed E-state index contributed by atoms with van der Waals surface area (Å²) < 4.78 is 5.02. The molecule has 1 heterocycles. The number of halogens is 1. The molecule has 1 aromatic heterocycles. The quantitative estimate of drug-likeness (QED) is 0.661. The molecule has 0 aliphatic carbocycles. The van der Waals surface area contributed by atoms with Gasteiger partial charge in [0.15, 0.2) is 5.92 Å². The lowest BCUT2D eigenvalue weighted by Crippen LogP contribution is -2.28. The van der Waals surface area contributed by atoms with Gasteiger partial charge in [-0.1, -0.05) is 11.6 Å². The summed E-state index contributed by atoms with van der Waals surface area (Å²) in [4.78, 5) is 28.6. The number of carbonyl (C=O) groups excluding carboxylic acids is 2. The van der Waals surface area contributed by atoms with Gasteiger partial charge in [0, 0.05) is 11.9 Å². The van der Waals surface area contributed by atoms with Crippen molar-refractivity contribution in [2.75, 3.05) is 12.4 Å². The molecule has 2 aromatic rings. The number of methoxy groups -OCH3 is 1. The van der Waals surface area contributed by atoms with Crippen molar-refractivity contribution in [2.45, 2.75) is 6.92 Å². The molecule has 23 heavy (non-hydrogen) atoms. The van der Waals surface area contributed by atoms with Gasteiger partial charge in [0.2, 0.25) is 11.7 Å². The molecule has 0 bridgehead atoms. The highest BCUT2D eigenvalue weighted by atomic mass is 35.5. The molecule has 0 aliphatic heterocycles. The molecule has 0 saturated heterocycles. The van der Waals surface area contributed by atoms with E-state index in [4.69, 9.17) is 21.6 Å². The van der Waals surface area contributed by atoms with Crippen LogP contribution < -0.4 is 10.1 Å². The number of thiazole rings is 1. The Bertz CT molecular complexity index is 798. The zero-order valence-corrected chi connectivity index (χ0v) is 13.9. The Balaban J connectivity index is 2.16. The van der Waals surface area contributed by atoms with E-state index >= 15 is 0 Å². The maximum atomic E-state index is 12.2. The standard InChI is InChI=1S/C15H12ClN3O3S/c1-8-18-7-13(23-8)14(20)10(6-17)15(21)19-9-3-4-12(22-2)11(16)5-9/h3-5,7,10H,1-2H3,(H,19,21). The van der Waals surface area contributed by atoms with E-state index in [-0.39, 0.29) is 4.88 Å². The highest BCUT2D eigenvalue weighted by molar-refractivity contribution is 7.13. The molecule has 1 aromatic carbocycles. The number of hydrogen-bond donors (Lipinski definition) is 1. The number of ketones is 1. The third-order valence-corrected chi connectivity index (χ3v) is 4.16. The number of anilines is 1. The average Bonchev–Trinajstić information content (AvgIpc) is 2.94. The highest BCUT2D eigenvalue weighted by Crippen LogP contribution is 2.27. The van der Waals surface area contributed by atoms with Crippen molar-refractivity contribution in [3.05, 3.63) is 39.3 Å². The fourth-order valence-corrected chi connectivity index (χ4v) is 2.82. The Morgan fingerprint density at radius 2 is 2.22 bits per heavy atom. The van der Waals surface area contributed by atoms with E-state index in [9.17, 15) is 9.59 Å². The summed E-state index contributed by atoms with van der Waals surface area (Å²) in [6.45, 7) is 1.74. The minimum absolute atomic E-state index is 0.275. The minimum atomic E-state index is -1.45. The number of nitrogens with zero attached hydrogens (tertiary/aromatic N) is 2. The number of amides is 1. The van der Waals surface area contributed by atoms with Crippen LogP contribution in [0.15, 0.2) is 24.4 Å². The predicted octanol–water partition coefficient (Wildman–Crippen LogP) is 3.07. The second-order valence-corrected chi connectivity index (χ2v) is 6.15. The summed E-state index contributed by atoms with van der Waals surface area (Å²) in [5.41, 5.74) is 0.370. The summed E-state index contributed by atoms with van der Waals surface area (Å²) in [5.74, 6) is -2.28. The van der Waals surface area contributed by atoms with Gasteiger partial charge in [0.25, 0.3) is 0 Å². The highest BCUT2D eigenvalue weighted by Gasteiger charge is 2.29. The van der Waals surface area contributed by atoms with Crippen molar-refractivity contribution in [2.24, 2.45) is 5.92 Å². The van der Waals surface area contributed by atoms with E-state index in [0.29, 0.717) is 21.5 Å². The van der Waals surface area contributed by atoms with Crippen LogP contribution in [-0.2, 0) is 4.79 Å². The molecule has 8 heteroatoms. The molecule has 1 amide bonds. The molecule has 118 valence electrons. The van der Waals surface area contributed by atoms with E-state index in [1.54, 1.807) is 25.1 Å². The fourth-order valence-electron chi connectivity index (χ4n) is 1.81. The van der Waals surface area contributed by atoms with Crippen LogP contribution in [0.3, 0.4) is 0 Å². The summed E-state index contributed by atoms with van der Waals surface area (Å²) in [6, 6.07) is 6.35. The maximum Gasteiger partial charge on any atom is 0.249 e. The number of ether oxygens (including phenoxy) is 1. The Kier molecular flexibility index (Phi) is 5.32. The average molecular weight is 350 g/mol. The van der Waals surface area contributed by atoms with Crippen LogP contribution >= 0.6 is 22.9 Å². The first kappa shape index (κ1) is 16.9. The Hall–Kier alpha value is -2.43. The number of carbonyl (C=O) groups is 2. The lowest BCUT2D eigenvalue weighted by atomic mass is 10.0. The number of aryl methyl sites for hydroxylation is 1. The maximum absolute atomic E-state index is 12.2. The predicted molar refractivity (Wildman–Crippen MR) is 86.9 cm³/mol. The molecule has 6 nitrogen and oxygen atoms in total. The van der Waals surface area contributed by atoms with Crippen molar-refractivity contribution in [3.8, 4) is 11.8 Å². The molecule has 1 unspecified atom stereocenters. The van der Waals surface area contributed by atoms with E-state index in [0.717, 1.165) is 11.3 Å². The van der Waals surface area contributed by atoms with Gasteiger partial charge in [-0.05, 0) is 25.1 Å². The monoisotopic (exact) mass is 349 g/mol. The second-order valence-electron chi connectivity index (χ2n) is 4.51. The van der Waals surface area contributed by atoms with Gasteiger partial charge in [-0.25, -0.2) is 4.98 Å². The van der Waals surface area contributed by atoms with Crippen LogP contribution in [0.4, 0.5) is 5.69 Å². The van der Waals surface area contributed by atoms with Gasteiger partial charge in [0.1, 0.15) is 5.75 Å². The van der Waals surface area contributed by atoms with Gasteiger partial charge >= 0.3 is 0 Å². The number of Topliss-reactive ketones (excluding diaryl/α,β-unsaturated/α-hetero) is 1.